The third kappa shape index (κ3) is 3.97. The first-order valence-corrected chi connectivity index (χ1v) is 10.8. The lowest BCUT2D eigenvalue weighted by Gasteiger charge is -2.37. The molecule has 0 radical (unpaired) electrons. The monoisotopic (exact) mass is 447 g/mol. The molecule has 3 fully saturated rings. The van der Waals surface area contributed by atoms with Crippen molar-refractivity contribution in [3.05, 3.63) is 65.2 Å². The maximum atomic E-state index is 13.0. The zero-order valence-electron chi connectivity index (χ0n) is 17.3. The average molecular weight is 447 g/mol. The lowest BCUT2D eigenvalue weighted by atomic mass is 9.91. The van der Waals surface area contributed by atoms with Crippen LogP contribution in [0.3, 0.4) is 0 Å². The molecule has 0 spiro atoms. The van der Waals surface area contributed by atoms with Crippen molar-refractivity contribution in [2.75, 3.05) is 26.3 Å². The average Bonchev–Trinajstić information content (AvgIpc) is 3.30. The number of aliphatic hydroxyl groups is 1. The number of hydrogen-bond donors (Lipinski definition) is 1. The summed E-state index contributed by atoms with van der Waals surface area (Å²) in [7, 11) is 0. The normalized spacial score (nSPS) is 26.5. The van der Waals surface area contributed by atoms with Crippen molar-refractivity contribution in [1.82, 2.24) is 4.90 Å². The van der Waals surface area contributed by atoms with E-state index >= 15 is 0 Å². The first-order valence-electron chi connectivity index (χ1n) is 10.8. The Balaban J connectivity index is 1.18. The second kappa shape index (κ2) is 7.78. The van der Waals surface area contributed by atoms with Crippen LogP contribution in [0.4, 0.5) is 13.2 Å². The Labute approximate surface area is 183 Å². The highest BCUT2D eigenvalue weighted by Crippen LogP contribution is 2.41. The highest BCUT2D eigenvalue weighted by atomic mass is 19.4. The Morgan fingerprint density at radius 1 is 1.06 bits per heavy atom. The molecule has 2 unspecified atom stereocenters. The van der Waals surface area contributed by atoms with Crippen LogP contribution in [0.2, 0.25) is 0 Å². The van der Waals surface area contributed by atoms with Crippen LogP contribution < -0.4 is 4.74 Å². The number of rotatable bonds is 4. The molecule has 1 saturated carbocycles. The van der Waals surface area contributed by atoms with E-state index < -0.39 is 17.3 Å². The topological polar surface area (TPSA) is 59.0 Å². The van der Waals surface area contributed by atoms with E-state index in [4.69, 9.17) is 9.47 Å². The van der Waals surface area contributed by atoms with Crippen LogP contribution in [-0.4, -0.2) is 48.3 Å². The largest absolute Gasteiger partial charge is 0.490 e. The van der Waals surface area contributed by atoms with Gasteiger partial charge in [0.2, 0.25) is 0 Å². The molecule has 5 nitrogen and oxygen atoms in total. The summed E-state index contributed by atoms with van der Waals surface area (Å²) in [6.07, 6.45) is -2.88. The van der Waals surface area contributed by atoms with Crippen molar-refractivity contribution in [3.8, 4) is 5.75 Å². The third-order valence-electron chi connectivity index (χ3n) is 6.81. The molecular weight excluding hydrogens is 423 g/mol. The summed E-state index contributed by atoms with van der Waals surface area (Å²) in [5, 5.41) is 10.5. The number of halogens is 3. The molecule has 2 aliphatic heterocycles. The van der Waals surface area contributed by atoms with E-state index in [1.165, 1.54) is 12.1 Å². The van der Waals surface area contributed by atoms with Crippen molar-refractivity contribution in [3.63, 3.8) is 0 Å². The predicted octanol–water partition coefficient (Wildman–Crippen LogP) is 3.85. The predicted molar refractivity (Wildman–Crippen MR) is 109 cm³/mol. The van der Waals surface area contributed by atoms with Crippen molar-refractivity contribution in [2.24, 2.45) is 11.8 Å². The Morgan fingerprint density at radius 2 is 1.72 bits per heavy atom. The molecule has 8 heteroatoms. The van der Waals surface area contributed by atoms with Gasteiger partial charge < -0.3 is 19.5 Å². The number of carbonyl (C=O) groups excluding carboxylic acids is 1. The van der Waals surface area contributed by atoms with Crippen molar-refractivity contribution in [2.45, 2.75) is 30.7 Å². The molecule has 1 aliphatic carbocycles. The van der Waals surface area contributed by atoms with Gasteiger partial charge >= 0.3 is 6.18 Å². The van der Waals surface area contributed by atoms with Crippen molar-refractivity contribution < 1.29 is 32.5 Å². The minimum Gasteiger partial charge on any atom is -0.490 e. The Kier molecular flexibility index (Phi) is 5.17. The SMILES string of the molecule is O=C(c1cccc(C2(O)COC2)c1)N1CC2CC(Oc3ccc(C(F)(F)F)cc3)CC2C1. The number of ether oxygens (including phenoxy) is 2. The Morgan fingerprint density at radius 3 is 2.28 bits per heavy atom. The van der Waals surface area contributed by atoms with E-state index in [0.29, 0.717) is 41.8 Å². The molecule has 1 amide bonds. The number of nitrogens with zero attached hydrogens (tertiary/aromatic N) is 1. The van der Waals surface area contributed by atoms with Crippen LogP contribution in [0.15, 0.2) is 48.5 Å². The molecule has 2 saturated heterocycles. The number of benzene rings is 2. The molecule has 32 heavy (non-hydrogen) atoms. The molecule has 3 aliphatic rings. The quantitative estimate of drug-likeness (QED) is 0.774. The van der Waals surface area contributed by atoms with E-state index in [-0.39, 0.29) is 25.2 Å². The molecule has 2 aromatic rings. The fourth-order valence-electron chi connectivity index (χ4n) is 5.01. The summed E-state index contributed by atoms with van der Waals surface area (Å²) < 4.78 is 49.2. The number of alkyl halides is 3. The van der Waals surface area contributed by atoms with Crippen LogP contribution in [0, 0.1) is 11.8 Å². The fraction of sp³-hybridized carbons (Fsp3) is 0.458. The van der Waals surface area contributed by atoms with Crippen LogP contribution in [0.25, 0.3) is 0 Å². The number of likely N-dealkylation sites (tertiary alicyclic amines) is 1. The lowest BCUT2D eigenvalue weighted by molar-refractivity contribution is -0.184. The summed E-state index contributed by atoms with van der Waals surface area (Å²) in [4.78, 5) is 14.9. The van der Waals surface area contributed by atoms with E-state index in [1.54, 1.807) is 24.3 Å². The molecular formula is C24H24F3NO4. The molecule has 0 aromatic heterocycles. The fourth-order valence-corrected chi connectivity index (χ4v) is 5.01. The van der Waals surface area contributed by atoms with E-state index in [1.807, 2.05) is 4.90 Å². The second-order valence-corrected chi connectivity index (χ2v) is 9.07. The zero-order valence-corrected chi connectivity index (χ0v) is 17.3. The van der Waals surface area contributed by atoms with Crippen LogP contribution >= 0.6 is 0 Å². The van der Waals surface area contributed by atoms with Gasteiger partial charge in [-0.2, -0.15) is 13.2 Å². The molecule has 5 rings (SSSR count). The van der Waals surface area contributed by atoms with Gasteiger partial charge in [-0.15, -0.1) is 0 Å². The third-order valence-corrected chi connectivity index (χ3v) is 6.81. The second-order valence-electron chi connectivity index (χ2n) is 9.07. The number of carbonyl (C=O) groups is 1. The maximum absolute atomic E-state index is 13.0. The lowest BCUT2D eigenvalue weighted by Crippen LogP contribution is -2.46. The molecule has 170 valence electrons. The summed E-state index contributed by atoms with van der Waals surface area (Å²) in [5.41, 5.74) is -0.455. The number of hydrogen-bond acceptors (Lipinski definition) is 4. The summed E-state index contributed by atoms with van der Waals surface area (Å²) in [6, 6.07) is 11.9. The number of amides is 1. The van der Waals surface area contributed by atoms with E-state index in [2.05, 4.69) is 0 Å². The van der Waals surface area contributed by atoms with E-state index in [0.717, 1.165) is 25.0 Å². The van der Waals surface area contributed by atoms with Gasteiger partial charge in [-0.05, 0) is 66.6 Å². The summed E-state index contributed by atoms with van der Waals surface area (Å²) in [5.74, 6) is 1.01. The van der Waals surface area contributed by atoms with E-state index in [9.17, 15) is 23.1 Å². The van der Waals surface area contributed by atoms with Gasteiger partial charge in [-0.3, -0.25) is 4.79 Å². The van der Waals surface area contributed by atoms with Gasteiger partial charge in [0, 0.05) is 18.7 Å². The van der Waals surface area contributed by atoms with Gasteiger partial charge in [0.05, 0.1) is 24.9 Å². The highest BCUT2D eigenvalue weighted by molar-refractivity contribution is 5.94. The maximum Gasteiger partial charge on any atom is 0.416 e. The van der Waals surface area contributed by atoms with Gasteiger partial charge in [-0.1, -0.05) is 12.1 Å². The van der Waals surface area contributed by atoms with Crippen LogP contribution in [-0.2, 0) is 16.5 Å². The molecule has 0 bridgehead atoms. The van der Waals surface area contributed by atoms with Crippen molar-refractivity contribution >= 4 is 5.91 Å². The first-order chi connectivity index (χ1) is 15.2. The molecule has 1 N–H and O–H groups in total. The zero-order chi connectivity index (χ0) is 22.5. The van der Waals surface area contributed by atoms with Gasteiger partial charge in [0.25, 0.3) is 5.91 Å². The highest BCUT2D eigenvalue weighted by Gasteiger charge is 2.44. The van der Waals surface area contributed by atoms with Gasteiger partial charge in [-0.25, -0.2) is 0 Å². The number of fused-ring (bicyclic) bond motifs is 1. The minimum absolute atomic E-state index is 0.0506. The van der Waals surface area contributed by atoms with Crippen LogP contribution in [0.1, 0.15) is 34.3 Å². The summed E-state index contributed by atoms with van der Waals surface area (Å²) >= 11 is 0. The smallest absolute Gasteiger partial charge is 0.416 e. The summed E-state index contributed by atoms with van der Waals surface area (Å²) in [6.45, 7) is 1.74. The van der Waals surface area contributed by atoms with Gasteiger partial charge in [0.1, 0.15) is 11.4 Å². The van der Waals surface area contributed by atoms with Gasteiger partial charge in [0.15, 0.2) is 0 Å². The molecule has 2 heterocycles. The van der Waals surface area contributed by atoms with Crippen LogP contribution in [0.5, 0.6) is 5.75 Å². The standard InChI is InChI=1S/C24H24F3NO4/c25-24(26,27)18-4-6-20(7-5-18)32-21-9-16-11-28(12-17(16)10-21)22(29)15-2-1-3-19(8-15)23(30)13-31-14-23/h1-8,16-17,21,30H,9-14H2. The Hall–Kier alpha value is -2.58. The van der Waals surface area contributed by atoms with Crippen molar-refractivity contribution in [1.29, 1.82) is 0 Å². The molecule has 2 atom stereocenters. The minimum atomic E-state index is -4.36. The first kappa shape index (κ1) is 21.3. The molecule has 2 aromatic carbocycles. The Bertz CT molecular complexity index is 989.